The molecule has 0 unspecified atom stereocenters. The Morgan fingerprint density at radius 2 is 1.70 bits per heavy atom. The highest BCUT2D eigenvalue weighted by Gasteiger charge is 2.14. The molecule has 0 fully saturated rings. The number of aromatic nitrogens is 4. The summed E-state index contributed by atoms with van der Waals surface area (Å²) < 4.78 is 10.4. The van der Waals surface area contributed by atoms with Crippen molar-refractivity contribution < 1.29 is 13.7 Å². The van der Waals surface area contributed by atoms with Crippen molar-refractivity contribution in [3.63, 3.8) is 0 Å². The molecule has 0 bridgehead atoms. The third-order valence-electron chi connectivity index (χ3n) is 5.03. The van der Waals surface area contributed by atoms with Crippen LogP contribution >= 0.6 is 0 Å². The molecule has 2 N–H and O–H groups in total. The van der Waals surface area contributed by atoms with Crippen LogP contribution in [0.3, 0.4) is 0 Å². The summed E-state index contributed by atoms with van der Waals surface area (Å²) in [7, 11) is 0. The number of nitrogens with one attached hydrogen (secondary N) is 2. The first-order chi connectivity index (χ1) is 16.1. The van der Waals surface area contributed by atoms with E-state index in [1.807, 2.05) is 31.2 Å². The molecule has 3 aromatic carbocycles. The lowest BCUT2D eigenvalue weighted by atomic mass is 10.1. The minimum Gasteiger partial charge on any atom is -0.416 e. The van der Waals surface area contributed by atoms with Gasteiger partial charge < -0.3 is 9.73 Å². The molecule has 2 heterocycles. The van der Waals surface area contributed by atoms with Crippen molar-refractivity contribution in [1.29, 1.82) is 0 Å². The average Bonchev–Trinajstić information content (AvgIpc) is 3.49. The van der Waals surface area contributed by atoms with Gasteiger partial charge in [0.25, 0.3) is 5.91 Å². The third kappa shape index (κ3) is 4.19. The fourth-order valence-electron chi connectivity index (χ4n) is 3.33. The number of H-pyrrole nitrogens is 1. The van der Waals surface area contributed by atoms with Gasteiger partial charge in [-0.1, -0.05) is 35.5 Å². The maximum atomic E-state index is 12.7. The van der Waals surface area contributed by atoms with Crippen LogP contribution in [0.4, 0.5) is 5.69 Å². The second-order valence-corrected chi connectivity index (χ2v) is 7.28. The molecule has 5 rings (SSSR count). The molecule has 1 amide bonds. The smallest absolute Gasteiger partial charge is 0.416 e. The summed E-state index contributed by atoms with van der Waals surface area (Å²) >= 11 is 0. The molecule has 5 aromatic rings. The van der Waals surface area contributed by atoms with Crippen LogP contribution in [0.25, 0.3) is 34.3 Å². The van der Waals surface area contributed by atoms with Crippen LogP contribution in [0.5, 0.6) is 0 Å². The zero-order valence-corrected chi connectivity index (χ0v) is 17.4. The molecule has 33 heavy (non-hydrogen) atoms. The summed E-state index contributed by atoms with van der Waals surface area (Å²) in [6.07, 6.45) is 0. The van der Waals surface area contributed by atoms with E-state index in [9.17, 15) is 9.59 Å². The van der Waals surface area contributed by atoms with Gasteiger partial charge in [-0.2, -0.15) is 0 Å². The second kappa shape index (κ2) is 8.39. The molecule has 9 heteroatoms. The quantitative estimate of drug-likeness (QED) is 0.418. The Morgan fingerprint density at radius 3 is 2.45 bits per heavy atom. The molecule has 2 aromatic heterocycles. The number of aryl methyl sites for hydroxylation is 1. The van der Waals surface area contributed by atoms with Gasteiger partial charge in [-0.25, -0.2) is 4.79 Å². The van der Waals surface area contributed by atoms with Crippen LogP contribution in [0.15, 0.2) is 86.5 Å². The lowest BCUT2D eigenvalue weighted by Gasteiger charge is -2.07. The summed E-state index contributed by atoms with van der Waals surface area (Å²) in [6, 6.07) is 21.5. The first-order valence-corrected chi connectivity index (χ1v) is 10.0. The topological polar surface area (TPSA) is 127 Å². The molecule has 0 aliphatic heterocycles. The van der Waals surface area contributed by atoms with Gasteiger partial charge in [0.1, 0.15) is 0 Å². The summed E-state index contributed by atoms with van der Waals surface area (Å²) in [5.74, 6) is 0.156. The van der Waals surface area contributed by atoms with Crippen molar-refractivity contribution in [2.24, 2.45) is 0 Å². The zero-order valence-electron chi connectivity index (χ0n) is 17.4. The summed E-state index contributed by atoms with van der Waals surface area (Å²) in [5.41, 5.74) is 4.23. The second-order valence-electron chi connectivity index (χ2n) is 7.28. The molecular weight excluding hydrogens is 422 g/mol. The molecule has 0 atom stereocenters. The molecule has 0 saturated heterocycles. The van der Waals surface area contributed by atoms with Crippen LogP contribution in [-0.4, -0.2) is 26.2 Å². The Morgan fingerprint density at radius 1 is 0.909 bits per heavy atom. The molecule has 9 nitrogen and oxygen atoms in total. The molecule has 0 spiro atoms. The number of amides is 1. The maximum absolute atomic E-state index is 12.7. The van der Waals surface area contributed by atoms with Gasteiger partial charge >= 0.3 is 5.76 Å². The maximum Gasteiger partial charge on any atom is 0.439 e. The summed E-state index contributed by atoms with van der Waals surface area (Å²) in [4.78, 5) is 26.3. The molecule has 0 aliphatic carbocycles. The van der Waals surface area contributed by atoms with Gasteiger partial charge in [-0.15, -0.1) is 10.2 Å². The number of carbonyl (C=O) groups excluding carboxylic acids is 1. The van der Waals surface area contributed by atoms with Gasteiger partial charge in [0, 0.05) is 27.9 Å². The minimum atomic E-state index is -0.646. The Hall–Kier alpha value is -4.79. The number of benzene rings is 3. The van der Waals surface area contributed by atoms with Crippen molar-refractivity contribution in [1.82, 2.24) is 20.3 Å². The molecular formula is C24H17N5O4. The third-order valence-corrected chi connectivity index (χ3v) is 5.03. The number of anilines is 1. The standard InChI is InChI=1S/C24H17N5O4/c1-14-5-2-3-8-19(14)23-28-27-22(32-23)16-11-9-15(10-12-16)21(30)25-18-7-4-6-17(13-18)20-26-24(31)33-29-20/h2-13H,1H3,(H,25,30)(H,26,29,31). The van der Waals surface area contributed by atoms with E-state index in [-0.39, 0.29) is 11.7 Å². The number of hydrogen-bond donors (Lipinski definition) is 2. The Bertz CT molecular complexity index is 1500. The van der Waals surface area contributed by atoms with E-state index in [1.54, 1.807) is 48.5 Å². The van der Waals surface area contributed by atoms with Gasteiger partial charge in [0.2, 0.25) is 11.8 Å². The Labute approximate surface area is 187 Å². The van der Waals surface area contributed by atoms with Crippen LogP contribution in [-0.2, 0) is 0 Å². The lowest BCUT2D eigenvalue weighted by molar-refractivity contribution is 0.102. The van der Waals surface area contributed by atoms with Crippen LogP contribution < -0.4 is 11.1 Å². The fourth-order valence-corrected chi connectivity index (χ4v) is 3.33. The van der Waals surface area contributed by atoms with Gasteiger partial charge in [-0.05, 0) is 55.0 Å². The highest BCUT2D eigenvalue weighted by Crippen LogP contribution is 2.26. The van der Waals surface area contributed by atoms with E-state index < -0.39 is 5.76 Å². The number of rotatable bonds is 5. The molecule has 162 valence electrons. The molecule has 0 radical (unpaired) electrons. The van der Waals surface area contributed by atoms with E-state index in [0.717, 1.165) is 11.1 Å². The monoisotopic (exact) mass is 439 g/mol. The average molecular weight is 439 g/mol. The normalized spacial score (nSPS) is 10.8. The van der Waals surface area contributed by atoms with Crippen molar-refractivity contribution in [3.05, 3.63) is 94.5 Å². The van der Waals surface area contributed by atoms with Crippen molar-refractivity contribution in [2.45, 2.75) is 6.92 Å². The van der Waals surface area contributed by atoms with Crippen molar-refractivity contribution in [2.75, 3.05) is 5.32 Å². The van der Waals surface area contributed by atoms with Crippen molar-refractivity contribution >= 4 is 11.6 Å². The van der Waals surface area contributed by atoms with Crippen LogP contribution in [0.1, 0.15) is 15.9 Å². The van der Waals surface area contributed by atoms with E-state index in [1.165, 1.54) is 0 Å². The minimum absolute atomic E-state index is 0.282. The zero-order chi connectivity index (χ0) is 22.8. The molecule has 0 saturated carbocycles. The largest absolute Gasteiger partial charge is 0.439 e. The predicted molar refractivity (Wildman–Crippen MR) is 120 cm³/mol. The van der Waals surface area contributed by atoms with Crippen LogP contribution in [0, 0.1) is 6.92 Å². The van der Waals surface area contributed by atoms with E-state index in [0.29, 0.717) is 34.2 Å². The predicted octanol–water partition coefficient (Wildman–Crippen LogP) is 4.31. The molecule has 0 aliphatic rings. The number of aromatic amines is 1. The van der Waals surface area contributed by atoms with E-state index in [4.69, 9.17) is 4.42 Å². The highest BCUT2D eigenvalue weighted by molar-refractivity contribution is 6.04. The lowest BCUT2D eigenvalue weighted by Crippen LogP contribution is -2.11. The van der Waals surface area contributed by atoms with Crippen LogP contribution in [0.2, 0.25) is 0 Å². The fraction of sp³-hybridized carbons (Fsp3) is 0.0417. The summed E-state index contributed by atoms with van der Waals surface area (Å²) in [5, 5.41) is 14.8. The number of carbonyl (C=O) groups is 1. The first kappa shape index (κ1) is 20.1. The Kier molecular flexibility index (Phi) is 5.12. The van der Waals surface area contributed by atoms with Crippen molar-refractivity contribution in [3.8, 4) is 34.3 Å². The summed E-state index contributed by atoms with van der Waals surface area (Å²) in [6.45, 7) is 1.98. The van der Waals surface area contributed by atoms with Gasteiger partial charge in [-0.3, -0.25) is 14.3 Å². The number of nitrogens with zero attached hydrogens (tertiary/aromatic N) is 3. The highest BCUT2D eigenvalue weighted by atomic mass is 16.5. The van der Waals surface area contributed by atoms with E-state index >= 15 is 0 Å². The van der Waals surface area contributed by atoms with Gasteiger partial charge in [0.05, 0.1) is 0 Å². The first-order valence-electron chi connectivity index (χ1n) is 10.0. The SMILES string of the molecule is Cc1ccccc1-c1nnc(-c2ccc(C(=O)Nc3cccc(-c4noc(=O)[nH]4)c3)cc2)o1. The van der Waals surface area contributed by atoms with E-state index in [2.05, 4.69) is 30.2 Å². The number of hydrogen-bond acceptors (Lipinski definition) is 7. The van der Waals surface area contributed by atoms with Gasteiger partial charge in [0.15, 0.2) is 5.82 Å². The Balaban J connectivity index is 1.32.